The number of benzene rings is 2. The standard InChI is InChI=1S/C25H23N3OS/c1-17-24(30-16-26-17)25(29)28-23(19-11-6-3-7-12-19)21-14-8-13-20(22(21)27-28)15-18-9-4-2-5-10-18/h2-7,9-12,15-16,21,23H,8,13-14H2,1H3/b20-15+/t21-,23+/m1/s1. The van der Waals surface area contributed by atoms with Gasteiger partial charge in [0.25, 0.3) is 5.91 Å². The van der Waals surface area contributed by atoms with Crippen molar-refractivity contribution < 1.29 is 4.79 Å². The third-order valence-corrected chi connectivity index (χ3v) is 6.85. The van der Waals surface area contributed by atoms with Crippen molar-refractivity contribution in [2.75, 3.05) is 0 Å². The predicted molar refractivity (Wildman–Crippen MR) is 121 cm³/mol. The number of fused-ring (bicyclic) bond motifs is 1. The Hall–Kier alpha value is -3.05. The molecule has 0 N–H and O–H groups in total. The van der Waals surface area contributed by atoms with Gasteiger partial charge in [-0.25, -0.2) is 9.99 Å². The van der Waals surface area contributed by atoms with Crippen LogP contribution in [0.25, 0.3) is 6.08 Å². The molecular formula is C25H23N3OS. The second-order valence-corrected chi connectivity index (χ2v) is 8.69. The van der Waals surface area contributed by atoms with E-state index in [4.69, 9.17) is 5.10 Å². The lowest BCUT2D eigenvalue weighted by Gasteiger charge is -2.29. The molecule has 1 aliphatic heterocycles. The number of hydrazone groups is 1. The fourth-order valence-electron chi connectivity index (χ4n) is 4.51. The summed E-state index contributed by atoms with van der Waals surface area (Å²) in [7, 11) is 0. The molecule has 1 saturated carbocycles. The largest absolute Gasteiger partial charge is 0.286 e. The SMILES string of the molecule is Cc1ncsc1C(=O)N1N=C2/C(=C/c3ccccc3)CCC[C@H]2[C@@H]1c1ccccc1. The lowest BCUT2D eigenvalue weighted by atomic mass is 9.77. The van der Waals surface area contributed by atoms with E-state index in [-0.39, 0.29) is 17.9 Å². The predicted octanol–water partition coefficient (Wildman–Crippen LogP) is 5.89. The second-order valence-electron chi connectivity index (χ2n) is 7.84. The monoisotopic (exact) mass is 413 g/mol. The molecular weight excluding hydrogens is 390 g/mol. The number of nitrogens with zero attached hydrogens (tertiary/aromatic N) is 3. The average molecular weight is 414 g/mol. The number of rotatable bonds is 3. The Balaban J connectivity index is 1.59. The Morgan fingerprint density at radius 2 is 1.83 bits per heavy atom. The van der Waals surface area contributed by atoms with Gasteiger partial charge < -0.3 is 0 Å². The molecule has 0 bridgehead atoms. The molecule has 1 fully saturated rings. The van der Waals surface area contributed by atoms with Crippen LogP contribution in [0.3, 0.4) is 0 Å². The summed E-state index contributed by atoms with van der Waals surface area (Å²) in [5.41, 5.74) is 7.13. The molecule has 2 atom stereocenters. The summed E-state index contributed by atoms with van der Waals surface area (Å²) >= 11 is 1.39. The Bertz CT molecular complexity index is 1120. The molecule has 2 aromatic carbocycles. The number of hydrogen-bond acceptors (Lipinski definition) is 4. The molecule has 5 heteroatoms. The van der Waals surface area contributed by atoms with Crippen molar-refractivity contribution in [1.29, 1.82) is 0 Å². The lowest BCUT2D eigenvalue weighted by molar-refractivity contribution is 0.0685. The molecule has 2 aliphatic rings. The Labute approximate surface area is 180 Å². The van der Waals surface area contributed by atoms with Crippen molar-refractivity contribution in [3.05, 3.63) is 93.4 Å². The number of thiazole rings is 1. The highest BCUT2D eigenvalue weighted by Crippen LogP contribution is 2.45. The van der Waals surface area contributed by atoms with E-state index in [9.17, 15) is 4.79 Å². The number of aryl methyl sites for hydroxylation is 1. The molecule has 1 amide bonds. The van der Waals surface area contributed by atoms with Gasteiger partial charge in [-0.05, 0) is 49.0 Å². The molecule has 1 aliphatic carbocycles. The first-order valence-electron chi connectivity index (χ1n) is 10.4. The quantitative estimate of drug-likeness (QED) is 0.537. The molecule has 5 rings (SSSR count). The summed E-state index contributed by atoms with van der Waals surface area (Å²) in [6, 6.07) is 20.6. The molecule has 0 radical (unpaired) electrons. The van der Waals surface area contributed by atoms with Gasteiger partial charge in [0.1, 0.15) is 4.88 Å². The smallest absolute Gasteiger partial charge is 0.266 e. The van der Waals surface area contributed by atoms with E-state index in [0.717, 1.165) is 36.2 Å². The highest BCUT2D eigenvalue weighted by atomic mass is 32.1. The zero-order valence-electron chi connectivity index (χ0n) is 16.9. The van der Waals surface area contributed by atoms with Crippen LogP contribution in [0.4, 0.5) is 0 Å². The van der Waals surface area contributed by atoms with E-state index in [2.05, 4.69) is 47.5 Å². The third kappa shape index (κ3) is 3.39. The minimum absolute atomic E-state index is 0.0511. The van der Waals surface area contributed by atoms with E-state index in [1.165, 1.54) is 22.5 Å². The van der Waals surface area contributed by atoms with Crippen molar-refractivity contribution in [1.82, 2.24) is 9.99 Å². The maximum Gasteiger partial charge on any atom is 0.286 e. The minimum atomic E-state index is -0.0744. The van der Waals surface area contributed by atoms with E-state index < -0.39 is 0 Å². The average Bonchev–Trinajstić information content (AvgIpc) is 3.39. The van der Waals surface area contributed by atoms with Crippen LogP contribution < -0.4 is 0 Å². The van der Waals surface area contributed by atoms with E-state index in [1.807, 2.05) is 31.2 Å². The molecule has 30 heavy (non-hydrogen) atoms. The Morgan fingerprint density at radius 1 is 1.10 bits per heavy atom. The lowest BCUT2D eigenvalue weighted by Crippen LogP contribution is -2.31. The van der Waals surface area contributed by atoms with Crippen LogP contribution in [-0.4, -0.2) is 21.6 Å². The highest BCUT2D eigenvalue weighted by Gasteiger charge is 2.44. The van der Waals surface area contributed by atoms with E-state index >= 15 is 0 Å². The Kier molecular flexibility index (Phi) is 5.05. The van der Waals surface area contributed by atoms with Crippen LogP contribution in [0.15, 0.2) is 76.8 Å². The molecule has 0 saturated heterocycles. The normalized spacial score (nSPS) is 22.1. The molecule has 0 spiro atoms. The summed E-state index contributed by atoms with van der Waals surface area (Å²) in [6.07, 6.45) is 5.37. The molecule has 4 nitrogen and oxygen atoms in total. The van der Waals surface area contributed by atoms with E-state index in [1.54, 1.807) is 10.5 Å². The van der Waals surface area contributed by atoms with Gasteiger partial charge in [-0.1, -0.05) is 60.7 Å². The third-order valence-electron chi connectivity index (χ3n) is 5.93. The maximum absolute atomic E-state index is 13.5. The van der Waals surface area contributed by atoms with Gasteiger partial charge >= 0.3 is 0 Å². The Morgan fingerprint density at radius 3 is 2.53 bits per heavy atom. The number of carbonyl (C=O) groups is 1. The van der Waals surface area contributed by atoms with Crippen LogP contribution in [0, 0.1) is 12.8 Å². The van der Waals surface area contributed by atoms with Crippen LogP contribution in [0.5, 0.6) is 0 Å². The summed E-state index contributed by atoms with van der Waals surface area (Å²) in [5.74, 6) is 0.165. The van der Waals surface area contributed by atoms with E-state index in [0.29, 0.717) is 4.88 Å². The van der Waals surface area contributed by atoms with Gasteiger partial charge in [-0.15, -0.1) is 11.3 Å². The summed E-state index contributed by atoms with van der Waals surface area (Å²) in [6.45, 7) is 1.89. The summed E-state index contributed by atoms with van der Waals surface area (Å²) in [4.78, 5) is 18.4. The first-order chi connectivity index (χ1) is 14.7. The van der Waals surface area contributed by atoms with Crippen molar-refractivity contribution in [2.45, 2.75) is 32.2 Å². The first kappa shape index (κ1) is 18.9. The van der Waals surface area contributed by atoms with Crippen LogP contribution in [-0.2, 0) is 0 Å². The number of aromatic nitrogens is 1. The van der Waals surface area contributed by atoms with Gasteiger partial charge in [0.05, 0.1) is 23.0 Å². The second kappa shape index (κ2) is 8.00. The van der Waals surface area contributed by atoms with Crippen LogP contribution >= 0.6 is 11.3 Å². The molecule has 1 aromatic heterocycles. The van der Waals surface area contributed by atoms with Crippen molar-refractivity contribution in [2.24, 2.45) is 11.0 Å². The van der Waals surface area contributed by atoms with Gasteiger partial charge in [0.15, 0.2) is 0 Å². The number of allylic oxidation sites excluding steroid dienone is 1. The topological polar surface area (TPSA) is 45.6 Å². The fraction of sp³-hybridized carbons (Fsp3) is 0.240. The first-order valence-corrected chi connectivity index (χ1v) is 11.2. The highest BCUT2D eigenvalue weighted by molar-refractivity contribution is 7.11. The zero-order chi connectivity index (χ0) is 20.5. The van der Waals surface area contributed by atoms with Crippen molar-refractivity contribution >= 4 is 29.0 Å². The van der Waals surface area contributed by atoms with Gasteiger partial charge in [0, 0.05) is 5.92 Å². The number of hydrogen-bond donors (Lipinski definition) is 0. The van der Waals surface area contributed by atoms with Gasteiger partial charge in [-0.2, -0.15) is 5.10 Å². The van der Waals surface area contributed by atoms with Crippen molar-refractivity contribution in [3.8, 4) is 0 Å². The summed E-state index contributed by atoms with van der Waals surface area (Å²) < 4.78 is 0. The van der Waals surface area contributed by atoms with Crippen molar-refractivity contribution in [3.63, 3.8) is 0 Å². The molecule has 2 heterocycles. The minimum Gasteiger partial charge on any atom is -0.266 e. The summed E-state index contributed by atoms with van der Waals surface area (Å²) in [5, 5.41) is 6.68. The zero-order valence-corrected chi connectivity index (χ0v) is 17.7. The fourth-order valence-corrected chi connectivity index (χ4v) is 5.25. The molecule has 0 unspecified atom stereocenters. The number of carbonyl (C=O) groups excluding carboxylic acids is 1. The van der Waals surface area contributed by atoms with Crippen LogP contribution in [0.1, 0.15) is 51.8 Å². The van der Waals surface area contributed by atoms with Gasteiger partial charge in [-0.3, -0.25) is 4.79 Å². The maximum atomic E-state index is 13.5. The molecule has 3 aromatic rings. The van der Waals surface area contributed by atoms with Gasteiger partial charge in [0.2, 0.25) is 0 Å². The van der Waals surface area contributed by atoms with Crippen LogP contribution in [0.2, 0.25) is 0 Å². The number of amides is 1. The molecule has 150 valence electrons.